The van der Waals surface area contributed by atoms with E-state index < -0.39 is 0 Å². The summed E-state index contributed by atoms with van der Waals surface area (Å²) in [7, 11) is 1.71. The topological polar surface area (TPSA) is 9.23 Å². The zero-order valence-corrected chi connectivity index (χ0v) is 15.8. The zero-order valence-electron chi connectivity index (χ0n) is 12.6. The predicted octanol–water partition coefficient (Wildman–Crippen LogP) is 6.50. The molecular weight excluding hydrogens is 380 g/mol. The van der Waals surface area contributed by atoms with Crippen molar-refractivity contribution < 1.29 is 4.74 Å². The lowest BCUT2D eigenvalue weighted by molar-refractivity contribution is 0.230. The van der Waals surface area contributed by atoms with Crippen LogP contribution in [0.15, 0.2) is 22.7 Å². The van der Waals surface area contributed by atoms with Gasteiger partial charge in [0.2, 0.25) is 0 Å². The highest BCUT2D eigenvalue weighted by Crippen LogP contribution is 2.55. The van der Waals surface area contributed by atoms with Crippen molar-refractivity contribution in [2.24, 2.45) is 11.3 Å². The van der Waals surface area contributed by atoms with Crippen LogP contribution in [0, 0.1) is 11.3 Å². The largest absolute Gasteiger partial charge is 0.496 e. The number of methoxy groups -OCH3 is 1. The quantitative estimate of drug-likeness (QED) is 0.509. The summed E-state index contributed by atoms with van der Waals surface area (Å²) in [5.41, 5.74) is 1.78. The molecule has 1 aliphatic carbocycles. The van der Waals surface area contributed by atoms with Crippen molar-refractivity contribution in [1.29, 1.82) is 0 Å². The van der Waals surface area contributed by atoms with Crippen molar-refractivity contribution in [3.05, 3.63) is 28.2 Å². The predicted molar refractivity (Wildman–Crippen MR) is 92.7 cm³/mol. The molecule has 1 aromatic rings. The molecule has 0 aliphatic heterocycles. The van der Waals surface area contributed by atoms with Crippen LogP contribution in [-0.4, -0.2) is 7.11 Å². The Morgan fingerprint density at radius 3 is 2.40 bits per heavy atom. The van der Waals surface area contributed by atoms with Gasteiger partial charge >= 0.3 is 0 Å². The highest BCUT2D eigenvalue weighted by molar-refractivity contribution is 9.10. The molecule has 0 saturated heterocycles. The first-order valence-electron chi connectivity index (χ1n) is 7.46. The number of alkyl halides is 1. The summed E-state index contributed by atoms with van der Waals surface area (Å²) in [6.45, 7) is 4.67. The molecule has 1 nitrogen and oxygen atoms in total. The van der Waals surface area contributed by atoms with E-state index >= 15 is 0 Å². The first kappa shape index (κ1) is 16.4. The molecule has 1 aliphatic rings. The molecule has 0 spiro atoms. The Hall–Kier alpha value is -0.0200. The van der Waals surface area contributed by atoms with Gasteiger partial charge in [0, 0.05) is 4.83 Å². The summed E-state index contributed by atoms with van der Waals surface area (Å²) < 4.78 is 6.37. The monoisotopic (exact) mass is 402 g/mol. The average molecular weight is 404 g/mol. The van der Waals surface area contributed by atoms with Gasteiger partial charge in [0.15, 0.2) is 0 Å². The molecule has 1 unspecified atom stereocenters. The fourth-order valence-electron chi connectivity index (χ4n) is 3.65. The van der Waals surface area contributed by atoms with Crippen molar-refractivity contribution >= 4 is 31.9 Å². The number of hydrogen-bond acceptors (Lipinski definition) is 1. The highest BCUT2D eigenvalue weighted by Gasteiger charge is 2.41. The Labute approximate surface area is 139 Å². The number of hydrogen-bond donors (Lipinski definition) is 0. The van der Waals surface area contributed by atoms with Gasteiger partial charge in [-0.2, -0.15) is 0 Å². The lowest BCUT2D eigenvalue weighted by Crippen LogP contribution is -2.24. The second kappa shape index (κ2) is 6.83. The van der Waals surface area contributed by atoms with Crippen molar-refractivity contribution in [2.75, 3.05) is 7.11 Å². The van der Waals surface area contributed by atoms with Gasteiger partial charge in [0.1, 0.15) is 5.75 Å². The summed E-state index contributed by atoms with van der Waals surface area (Å²) in [6.07, 6.45) is 6.71. The molecule has 0 N–H and O–H groups in total. The van der Waals surface area contributed by atoms with Crippen LogP contribution < -0.4 is 4.74 Å². The Kier molecular flexibility index (Phi) is 5.58. The standard InChI is InChI=1S/C17H24Br2O/c1-12(2)11-17(8-4-5-9-17)16(19)13-6-7-15(20-3)14(18)10-13/h6-7,10,12,16H,4-5,8-9,11H2,1-3H3. The minimum atomic E-state index is 0.419. The van der Waals surface area contributed by atoms with Crippen molar-refractivity contribution in [1.82, 2.24) is 0 Å². The molecule has 1 atom stereocenters. The molecule has 0 bridgehead atoms. The fraction of sp³-hybridized carbons (Fsp3) is 0.647. The lowest BCUT2D eigenvalue weighted by Gasteiger charge is -2.36. The van der Waals surface area contributed by atoms with Crippen LogP contribution in [-0.2, 0) is 0 Å². The van der Waals surface area contributed by atoms with Crippen molar-refractivity contribution in [3.63, 3.8) is 0 Å². The van der Waals surface area contributed by atoms with Crippen molar-refractivity contribution in [3.8, 4) is 5.75 Å². The first-order valence-corrected chi connectivity index (χ1v) is 9.17. The lowest BCUT2D eigenvalue weighted by atomic mass is 9.74. The van der Waals surface area contributed by atoms with Gasteiger partial charge in [-0.05, 0) is 64.2 Å². The fourth-order valence-corrected chi connectivity index (χ4v) is 5.13. The van der Waals surface area contributed by atoms with Gasteiger partial charge in [-0.25, -0.2) is 0 Å². The minimum Gasteiger partial charge on any atom is -0.496 e. The number of halogens is 2. The molecule has 2 rings (SSSR count). The van der Waals surface area contributed by atoms with Gasteiger partial charge in [-0.15, -0.1) is 0 Å². The van der Waals surface area contributed by atoms with E-state index in [9.17, 15) is 0 Å². The van der Waals surface area contributed by atoms with E-state index in [4.69, 9.17) is 4.74 Å². The molecule has 20 heavy (non-hydrogen) atoms. The SMILES string of the molecule is COc1ccc(C(Br)C2(CC(C)C)CCCC2)cc1Br. The highest BCUT2D eigenvalue weighted by atomic mass is 79.9. The van der Waals surface area contributed by atoms with E-state index in [1.54, 1.807) is 7.11 Å². The van der Waals surface area contributed by atoms with Crippen molar-refractivity contribution in [2.45, 2.75) is 50.8 Å². The summed E-state index contributed by atoms with van der Waals surface area (Å²) in [5.74, 6) is 1.65. The Balaban J connectivity index is 2.27. The third-order valence-electron chi connectivity index (χ3n) is 4.42. The first-order chi connectivity index (χ1) is 9.48. The second-order valence-corrected chi connectivity index (χ2v) is 8.19. The molecule has 3 heteroatoms. The summed E-state index contributed by atoms with van der Waals surface area (Å²) in [4.78, 5) is 0.433. The molecular formula is C17H24Br2O. The van der Waals surface area contributed by atoms with Crippen LogP contribution in [0.2, 0.25) is 0 Å². The molecule has 0 amide bonds. The maximum atomic E-state index is 5.33. The van der Waals surface area contributed by atoms with E-state index in [0.29, 0.717) is 10.2 Å². The third kappa shape index (κ3) is 3.41. The average Bonchev–Trinajstić information content (AvgIpc) is 2.86. The normalized spacial score (nSPS) is 19.3. The van der Waals surface area contributed by atoms with Crippen LogP contribution in [0.3, 0.4) is 0 Å². The molecule has 0 heterocycles. The summed E-state index contributed by atoms with van der Waals surface area (Å²) >= 11 is 7.62. The van der Waals surface area contributed by atoms with Gasteiger partial charge < -0.3 is 4.74 Å². The molecule has 0 radical (unpaired) electrons. The van der Waals surface area contributed by atoms with Crippen LogP contribution in [0.25, 0.3) is 0 Å². The van der Waals surface area contributed by atoms with Gasteiger partial charge in [-0.1, -0.05) is 48.7 Å². The summed E-state index contributed by atoms with van der Waals surface area (Å²) in [6, 6.07) is 6.47. The number of ether oxygens (including phenoxy) is 1. The Morgan fingerprint density at radius 2 is 1.90 bits per heavy atom. The molecule has 1 saturated carbocycles. The van der Waals surface area contributed by atoms with E-state index in [1.165, 1.54) is 37.7 Å². The minimum absolute atomic E-state index is 0.419. The van der Waals surface area contributed by atoms with Crippen LogP contribution >= 0.6 is 31.9 Å². The Morgan fingerprint density at radius 1 is 1.25 bits per heavy atom. The second-order valence-electron chi connectivity index (χ2n) is 6.42. The van der Waals surface area contributed by atoms with Gasteiger partial charge in [0.05, 0.1) is 11.6 Å². The van der Waals surface area contributed by atoms with Crippen LogP contribution in [0.5, 0.6) is 5.75 Å². The third-order valence-corrected chi connectivity index (χ3v) is 6.54. The van der Waals surface area contributed by atoms with E-state index in [-0.39, 0.29) is 0 Å². The van der Waals surface area contributed by atoms with E-state index in [1.807, 2.05) is 0 Å². The molecule has 1 aromatic carbocycles. The molecule has 1 fully saturated rings. The van der Waals surface area contributed by atoms with Gasteiger partial charge in [0.25, 0.3) is 0 Å². The van der Waals surface area contributed by atoms with Crippen LogP contribution in [0.1, 0.15) is 56.3 Å². The van der Waals surface area contributed by atoms with Gasteiger partial charge in [-0.3, -0.25) is 0 Å². The van der Waals surface area contributed by atoms with Crippen LogP contribution in [0.4, 0.5) is 0 Å². The van der Waals surface area contributed by atoms with E-state index in [0.717, 1.165) is 16.1 Å². The zero-order chi connectivity index (χ0) is 14.8. The smallest absolute Gasteiger partial charge is 0.133 e. The maximum absolute atomic E-state index is 5.33. The summed E-state index contributed by atoms with van der Waals surface area (Å²) in [5, 5.41) is 0. The Bertz CT molecular complexity index is 450. The molecule has 0 aromatic heterocycles. The van der Waals surface area contributed by atoms with E-state index in [2.05, 4.69) is 63.9 Å². The number of rotatable bonds is 5. The maximum Gasteiger partial charge on any atom is 0.133 e. The number of benzene rings is 1. The molecule has 112 valence electrons.